The topological polar surface area (TPSA) is 29.5 Å². The highest BCUT2D eigenvalue weighted by Crippen LogP contribution is 2.36. The molecule has 112 valence electrons. The standard InChI is InChI=1S/C18H21BrO2/c1-12-5-7-15(18(2,3)4)17(9-12)21-16-8-6-14(19)10-13(16)11-20/h5-10,20H,11H2,1-4H3. The Bertz CT molecular complexity index is 642. The fourth-order valence-corrected chi connectivity index (χ4v) is 2.63. The Morgan fingerprint density at radius 2 is 1.76 bits per heavy atom. The van der Waals surface area contributed by atoms with Gasteiger partial charge in [0.05, 0.1) is 6.61 Å². The zero-order chi connectivity index (χ0) is 15.6. The molecule has 0 radical (unpaired) electrons. The third-order valence-electron chi connectivity index (χ3n) is 3.36. The van der Waals surface area contributed by atoms with E-state index < -0.39 is 0 Å². The minimum absolute atomic E-state index is 0.00221. The molecule has 21 heavy (non-hydrogen) atoms. The second kappa shape index (κ2) is 6.20. The molecule has 0 aliphatic carbocycles. The Morgan fingerprint density at radius 1 is 1.05 bits per heavy atom. The summed E-state index contributed by atoms with van der Waals surface area (Å²) in [6.45, 7) is 8.50. The second-order valence-corrected chi connectivity index (χ2v) is 7.18. The van der Waals surface area contributed by atoms with Crippen molar-refractivity contribution in [2.75, 3.05) is 0 Å². The number of aryl methyl sites for hydroxylation is 1. The lowest BCUT2D eigenvalue weighted by Crippen LogP contribution is -2.12. The summed E-state index contributed by atoms with van der Waals surface area (Å²) in [5.41, 5.74) is 3.07. The molecule has 0 fully saturated rings. The van der Waals surface area contributed by atoms with Crippen LogP contribution in [0.5, 0.6) is 11.5 Å². The van der Waals surface area contributed by atoms with Crippen LogP contribution in [-0.2, 0) is 12.0 Å². The normalized spacial score (nSPS) is 11.5. The predicted octanol–water partition coefficient (Wildman–Crippen LogP) is 5.34. The monoisotopic (exact) mass is 348 g/mol. The van der Waals surface area contributed by atoms with Gasteiger partial charge in [-0.25, -0.2) is 0 Å². The molecule has 2 aromatic carbocycles. The van der Waals surface area contributed by atoms with Crippen molar-refractivity contribution < 1.29 is 9.84 Å². The first-order valence-electron chi connectivity index (χ1n) is 6.99. The Balaban J connectivity index is 2.46. The van der Waals surface area contributed by atoms with Crippen LogP contribution in [0, 0.1) is 6.92 Å². The highest BCUT2D eigenvalue weighted by atomic mass is 79.9. The summed E-state index contributed by atoms with van der Waals surface area (Å²) in [5.74, 6) is 1.54. The molecular weight excluding hydrogens is 328 g/mol. The Morgan fingerprint density at radius 3 is 2.38 bits per heavy atom. The van der Waals surface area contributed by atoms with E-state index in [2.05, 4.69) is 48.8 Å². The number of aliphatic hydroxyl groups excluding tert-OH is 1. The Kier molecular flexibility index (Phi) is 4.74. The molecule has 2 nitrogen and oxygen atoms in total. The van der Waals surface area contributed by atoms with Crippen molar-refractivity contribution in [3.63, 3.8) is 0 Å². The Labute approximate surface area is 134 Å². The van der Waals surface area contributed by atoms with Gasteiger partial charge in [0.2, 0.25) is 0 Å². The van der Waals surface area contributed by atoms with E-state index >= 15 is 0 Å². The van der Waals surface area contributed by atoms with Crippen LogP contribution in [0.4, 0.5) is 0 Å². The zero-order valence-corrected chi connectivity index (χ0v) is 14.5. The van der Waals surface area contributed by atoms with Gasteiger partial charge in [0.15, 0.2) is 0 Å². The maximum atomic E-state index is 9.50. The van der Waals surface area contributed by atoms with Crippen molar-refractivity contribution in [3.05, 3.63) is 57.6 Å². The average molecular weight is 349 g/mol. The fraction of sp³-hybridized carbons (Fsp3) is 0.333. The van der Waals surface area contributed by atoms with Crippen molar-refractivity contribution >= 4 is 15.9 Å². The molecule has 0 aliphatic heterocycles. The highest BCUT2D eigenvalue weighted by Gasteiger charge is 2.20. The highest BCUT2D eigenvalue weighted by molar-refractivity contribution is 9.10. The van der Waals surface area contributed by atoms with Crippen LogP contribution in [0.2, 0.25) is 0 Å². The van der Waals surface area contributed by atoms with Gasteiger partial charge in [-0.05, 0) is 42.2 Å². The van der Waals surface area contributed by atoms with E-state index in [1.165, 1.54) is 0 Å². The lowest BCUT2D eigenvalue weighted by Gasteiger charge is -2.23. The van der Waals surface area contributed by atoms with Gasteiger partial charge >= 0.3 is 0 Å². The molecule has 3 heteroatoms. The minimum Gasteiger partial charge on any atom is -0.457 e. The van der Waals surface area contributed by atoms with Gasteiger partial charge in [-0.3, -0.25) is 0 Å². The number of halogens is 1. The maximum Gasteiger partial charge on any atom is 0.133 e. The first-order chi connectivity index (χ1) is 9.81. The van der Waals surface area contributed by atoms with E-state index in [-0.39, 0.29) is 12.0 Å². The lowest BCUT2D eigenvalue weighted by atomic mass is 9.86. The van der Waals surface area contributed by atoms with E-state index in [0.717, 1.165) is 26.9 Å². The molecule has 0 saturated heterocycles. The second-order valence-electron chi connectivity index (χ2n) is 6.26. The maximum absolute atomic E-state index is 9.50. The molecule has 0 saturated carbocycles. The number of rotatable bonds is 3. The van der Waals surface area contributed by atoms with Crippen LogP contribution in [0.3, 0.4) is 0 Å². The minimum atomic E-state index is -0.0502. The number of benzene rings is 2. The van der Waals surface area contributed by atoms with Gasteiger partial charge in [0, 0.05) is 15.6 Å². The van der Waals surface area contributed by atoms with Crippen LogP contribution in [-0.4, -0.2) is 5.11 Å². The molecule has 1 N–H and O–H groups in total. The van der Waals surface area contributed by atoms with Crippen molar-refractivity contribution in [1.29, 1.82) is 0 Å². The Hall–Kier alpha value is -1.32. The molecule has 2 aromatic rings. The first kappa shape index (κ1) is 16.1. The summed E-state index contributed by atoms with van der Waals surface area (Å²) < 4.78 is 7.04. The lowest BCUT2D eigenvalue weighted by molar-refractivity contribution is 0.276. The SMILES string of the molecule is Cc1ccc(C(C)(C)C)c(Oc2ccc(Br)cc2CO)c1. The van der Waals surface area contributed by atoms with Crippen LogP contribution in [0.1, 0.15) is 37.5 Å². The average Bonchev–Trinajstić information content (AvgIpc) is 2.39. The summed E-state index contributed by atoms with van der Waals surface area (Å²) in [6, 6.07) is 11.9. The smallest absolute Gasteiger partial charge is 0.133 e. The summed E-state index contributed by atoms with van der Waals surface area (Å²) in [5, 5.41) is 9.50. The predicted molar refractivity (Wildman–Crippen MR) is 90.0 cm³/mol. The van der Waals surface area contributed by atoms with E-state index in [0.29, 0.717) is 5.75 Å². The van der Waals surface area contributed by atoms with Gasteiger partial charge in [0.1, 0.15) is 11.5 Å². The van der Waals surface area contributed by atoms with E-state index in [1.807, 2.05) is 31.2 Å². The summed E-state index contributed by atoms with van der Waals surface area (Å²) in [4.78, 5) is 0. The third-order valence-corrected chi connectivity index (χ3v) is 3.85. The van der Waals surface area contributed by atoms with Crippen LogP contribution in [0.25, 0.3) is 0 Å². The molecule has 0 aliphatic rings. The fourth-order valence-electron chi connectivity index (χ4n) is 2.22. The van der Waals surface area contributed by atoms with Crippen LogP contribution < -0.4 is 4.74 Å². The van der Waals surface area contributed by atoms with Gasteiger partial charge in [-0.1, -0.05) is 48.8 Å². The molecule has 0 heterocycles. The summed E-state index contributed by atoms with van der Waals surface area (Å²) >= 11 is 3.41. The molecule has 0 atom stereocenters. The van der Waals surface area contributed by atoms with Crippen molar-refractivity contribution in [3.8, 4) is 11.5 Å². The number of ether oxygens (including phenoxy) is 1. The van der Waals surface area contributed by atoms with E-state index in [1.54, 1.807) is 0 Å². The molecular formula is C18H21BrO2. The van der Waals surface area contributed by atoms with Gasteiger partial charge in [-0.15, -0.1) is 0 Å². The van der Waals surface area contributed by atoms with Crippen molar-refractivity contribution in [2.45, 2.75) is 39.7 Å². The molecule has 0 aromatic heterocycles. The number of aliphatic hydroxyl groups is 1. The number of hydrogen-bond acceptors (Lipinski definition) is 2. The molecule has 0 bridgehead atoms. The quantitative estimate of drug-likeness (QED) is 0.811. The van der Waals surface area contributed by atoms with Crippen molar-refractivity contribution in [1.82, 2.24) is 0 Å². The van der Waals surface area contributed by atoms with Crippen molar-refractivity contribution in [2.24, 2.45) is 0 Å². The zero-order valence-electron chi connectivity index (χ0n) is 12.9. The number of hydrogen-bond donors (Lipinski definition) is 1. The van der Waals surface area contributed by atoms with Gasteiger partial charge in [0.25, 0.3) is 0 Å². The summed E-state index contributed by atoms with van der Waals surface area (Å²) in [6.07, 6.45) is 0. The van der Waals surface area contributed by atoms with E-state index in [4.69, 9.17) is 4.74 Å². The molecule has 0 spiro atoms. The molecule has 0 unspecified atom stereocenters. The third kappa shape index (κ3) is 3.86. The largest absolute Gasteiger partial charge is 0.457 e. The van der Waals surface area contributed by atoms with E-state index in [9.17, 15) is 5.11 Å². The van der Waals surface area contributed by atoms with Crippen LogP contribution >= 0.6 is 15.9 Å². The first-order valence-corrected chi connectivity index (χ1v) is 7.79. The molecule has 0 amide bonds. The summed E-state index contributed by atoms with van der Waals surface area (Å²) in [7, 11) is 0. The van der Waals surface area contributed by atoms with Gasteiger partial charge in [-0.2, -0.15) is 0 Å². The molecule has 2 rings (SSSR count). The van der Waals surface area contributed by atoms with Crippen LogP contribution in [0.15, 0.2) is 40.9 Å². The van der Waals surface area contributed by atoms with Gasteiger partial charge < -0.3 is 9.84 Å².